The Morgan fingerprint density at radius 3 is 3.00 bits per heavy atom. The number of nitrogens with two attached hydrogens (primary N) is 1. The van der Waals surface area contributed by atoms with Gasteiger partial charge in [0.15, 0.2) is 0 Å². The third-order valence-corrected chi connectivity index (χ3v) is 3.69. The first-order valence-corrected chi connectivity index (χ1v) is 6.20. The molecule has 1 aromatic heterocycles. The number of nitrogens with zero attached hydrogens (tertiary/aromatic N) is 1. The number of carbonyl (C=O) groups is 1. The van der Waals surface area contributed by atoms with Gasteiger partial charge in [-0.05, 0) is 30.7 Å². The molecule has 3 nitrogen and oxygen atoms in total. The van der Waals surface area contributed by atoms with Crippen molar-refractivity contribution in [1.29, 1.82) is 0 Å². The largest absolute Gasteiger partial charge is 0.337 e. The van der Waals surface area contributed by atoms with Gasteiger partial charge in [-0.15, -0.1) is 0 Å². The highest BCUT2D eigenvalue weighted by Crippen LogP contribution is 2.18. The smallest absolute Gasteiger partial charge is 0.255 e. The molecule has 0 unspecified atom stereocenters. The van der Waals surface area contributed by atoms with Crippen LogP contribution in [0.25, 0.3) is 0 Å². The average Bonchev–Trinajstić information content (AvgIpc) is 2.63. The van der Waals surface area contributed by atoms with E-state index in [1.807, 2.05) is 22.6 Å². The summed E-state index contributed by atoms with van der Waals surface area (Å²) in [5, 5.41) is 3.94. The fourth-order valence-corrected chi connectivity index (χ4v) is 2.77. The van der Waals surface area contributed by atoms with Crippen LogP contribution in [0.4, 0.5) is 0 Å². The SMILES string of the molecule is Cc1cscc1C(=O)N1CCC[C@@H](N)C1. The van der Waals surface area contributed by atoms with Crippen LogP contribution in [-0.4, -0.2) is 29.9 Å². The molecule has 0 bridgehead atoms. The minimum absolute atomic E-state index is 0.143. The van der Waals surface area contributed by atoms with Gasteiger partial charge in [0.1, 0.15) is 0 Å². The number of rotatable bonds is 1. The van der Waals surface area contributed by atoms with Crippen molar-refractivity contribution in [2.24, 2.45) is 5.73 Å². The summed E-state index contributed by atoms with van der Waals surface area (Å²) in [5.74, 6) is 0.143. The van der Waals surface area contributed by atoms with Crippen LogP contribution < -0.4 is 5.73 Å². The number of amides is 1. The highest BCUT2D eigenvalue weighted by atomic mass is 32.1. The Hall–Kier alpha value is -0.870. The lowest BCUT2D eigenvalue weighted by molar-refractivity contribution is 0.0708. The number of hydrogen-bond donors (Lipinski definition) is 1. The van der Waals surface area contributed by atoms with E-state index in [0.717, 1.165) is 30.5 Å². The summed E-state index contributed by atoms with van der Waals surface area (Å²) < 4.78 is 0. The summed E-state index contributed by atoms with van der Waals surface area (Å²) in [6.07, 6.45) is 2.06. The van der Waals surface area contributed by atoms with Crippen molar-refractivity contribution in [2.45, 2.75) is 25.8 Å². The number of hydrogen-bond acceptors (Lipinski definition) is 3. The molecule has 0 aliphatic carbocycles. The zero-order valence-electron chi connectivity index (χ0n) is 8.90. The molecule has 1 aromatic rings. The van der Waals surface area contributed by atoms with Crippen LogP contribution in [0.15, 0.2) is 10.8 Å². The van der Waals surface area contributed by atoms with Crippen molar-refractivity contribution in [1.82, 2.24) is 4.90 Å². The molecule has 82 valence electrons. The van der Waals surface area contributed by atoms with Crippen molar-refractivity contribution in [3.8, 4) is 0 Å². The van der Waals surface area contributed by atoms with E-state index in [1.165, 1.54) is 0 Å². The Bertz CT molecular complexity index is 361. The number of piperidine rings is 1. The molecule has 1 saturated heterocycles. The molecule has 4 heteroatoms. The fourth-order valence-electron chi connectivity index (χ4n) is 1.94. The van der Waals surface area contributed by atoms with Crippen molar-refractivity contribution in [3.63, 3.8) is 0 Å². The first-order valence-electron chi connectivity index (χ1n) is 5.26. The minimum atomic E-state index is 0.143. The molecule has 0 saturated carbocycles. The third kappa shape index (κ3) is 2.21. The molecule has 0 radical (unpaired) electrons. The van der Waals surface area contributed by atoms with Gasteiger partial charge < -0.3 is 10.6 Å². The maximum atomic E-state index is 12.1. The van der Waals surface area contributed by atoms with E-state index in [0.29, 0.717) is 6.54 Å². The highest BCUT2D eigenvalue weighted by Gasteiger charge is 2.23. The second kappa shape index (κ2) is 4.33. The molecular formula is C11H16N2OS. The summed E-state index contributed by atoms with van der Waals surface area (Å²) in [6, 6.07) is 0.154. The summed E-state index contributed by atoms with van der Waals surface area (Å²) in [5.41, 5.74) is 7.78. The van der Waals surface area contributed by atoms with E-state index in [9.17, 15) is 4.79 Å². The number of carbonyl (C=O) groups excluding carboxylic acids is 1. The van der Waals surface area contributed by atoms with Gasteiger partial charge in [-0.1, -0.05) is 0 Å². The summed E-state index contributed by atoms with van der Waals surface area (Å²) in [7, 11) is 0. The van der Waals surface area contributed by atoms with E-state index < -0.39 is 0 Å². The van der Waals surface area contributed by atoms with Crippen LogP contribution in [-0.2, 0) is 0 Å². The summed E-state index contributed by atoms with van der Waals surface area (Å²) in [6.45, 7) is 3.53. The molecule has 0 aromatic carbocycles. The monoisotopic (exact) mass is 224 g/mol. The van der Waals surface area contributed by atoms with Crippen molar-refractivity contribution in [2.75, 3.05) is 13.1 Å². The molecule has 1 fully saturated rings. The van der Waals surface area contributed by atoms with Crippen LogP contribution in [0.1, 0.15) is 28.8 Å². The molecule has 2 N–H and O–H groups in total. The minimum Gasteiger partial charge on any atom is -0.337 e. The van der Waals surface area contributed by atoms with Gasteiger partial charge in [-0.2, -0.15) is 11.3 Å². The standard InChI is InChI=1S/C11H16N2OS/c1-8-6-15-7-10(8)11(14)13-4-2-3-9(12)5-13/h6-7,9H,2-5,12H2,1H3/t9-/m1/s1. The zero-order chi connectivity index (χ0) is 10.8. The second-order valence-electron chi connectivity index (χ2n) is 4.12. The first-order chi connectivity index (χ1) is 7.18. The van der Waals surface area contributed by atoms with Crippen molar-refractivity contribution >= 4 is 17.2 Å². The van der Waals surface area contributed by atoms with E-state index in [4.69, 9.17) is 5.73 Å². The van der Waals surface area contributed by atoms with Crippen molar-refractivity contribution < 1.29 is 4.79 Å². The molecule has 1 atom stereocenters. The first kappa shape index (κ1) is 10.6. The molecule has 1 amide bonds. The number of likely N-dealkylation sites (tertiary alicyclic amines) is 1. The van der Waals surface area contributed by atoms with Crippen LogP contribution >= 0.6 is 11.3 Å². The Kier molecular flexibility index (Phi) is 3.07. The second-order valence-corrected chi connectivity index (χ2v) is 4.87. The van der Waals surface area contributed by atoms with E-state index in [2.05, 4.69) is 0 Å². The fraction of sp³-hybridized carbons (Fsp3) is 0.545. The zero-order valence-corrected chi connectivity index (χ0v) is 9.72. The average molecular weight is 224 g/mol. The molecule has 1 aliphatic heterocycles. The quantitative estimate of drug-likeness (QED) is 0.788. The van der Waals surface area contributed by atoms with Crippen LogP contribution in [0, 0.1) is 6.92 Å². The van der Waals surface area contributed by atoms with Gasteiger partial charge in [-0.3, -0.25) is 4.79 Å². The van der Waals surface area contributed by atoms with Gasteiger partial charge in [0.2, 0.25) is 0 Å². The van der Waals surface area contributed by atoms with Crippen LogP contribution in [0.5, 0.6) is 0 Å². The number of aryl methyl sites for hydroxylation is 1. The lowest BCUT2D eigenvalue weighted by Crippen LogP contribution is -2.45. The lowest BCUT2D eigenvalue weighted by Gasteiger charge is -2.30. The predicted molar refractivity (Wildman–Crippen MR) is 62.2 cm³/mol. The van der Waals surface area contributed by atoms with Crippen molar-refractivity contribution in [3.05, 3.63) is 21.9 Å². The highest BCUT2D eigenvalue weighted by molar-refractivity contribution is 7.08. The van der Waals surface area contributed by atoms with E-state index >= 15 is 0 Å². The predicted octanol–water partition coefficient (Wildman–Crippen LogP) is 1.62. The third-order valence-electron chi connectivity index (χ3n) is 2.83. The topological polar surface area (TPSA) is 46.3 Å². The van der Waals surface area contributed by atoms with Crippen LogP contribution in [0.2, 0.25) is 0 Å². The van der Waals surface area contributed by atoms with Crippen LogP contribution in [0.3, 0.4) is 0 Å². The molecule has 0 spiro atoms. The Balaban J connectivity index is 2.11. The van der Waals surface area contributed by atoms with Gasteiger partial charge in [0.25, 0.3) is 5.91 Å². The summed E-state index contributed by atoms with van der Waals surface area (Å²) >= 11 is 1.58. The number of thiophene rings is 1. The maximum absolute atomic E-state index is 12.1. The lowest BCUT2D eigenvalue weighted by atomic mass is 10.1. The Morgan fingerprint density at radius 1 is 1.60 bits per heavy atom. The molecule has 2 rings (SSSR count). The van der Waals surface area contributed by atoms with Gasteiger partial charge in [-0.25, -0.2) is 0 Å². The van der Waals surface area contributed by atoms with Gasteiger partial charge in [0, 0.05) is 24.5 Å². The molecule has 2 heterocycles. The van der Waals surface area contributed by atoms with E-state index in [1.54, 1.807) is 11.3 Å². The normalized spacial score (nSPS) is 21.7. The Morgan fingerprint density at radius 2 is 2.40 bits per heavy atom. The molecular weight excluding hydrogens is 208 g/mol. The Labute approximate surface area is 93.9 Å². The van der Waals surface area contributed by atoms with Gasteiger partial charge >= 0.3 is 0 Å². The molecule has 1 aliphatic rings. The summed E-state index contributed by atoms with van der Waals surface area (Å²) in [4.78, 5) is 14.0. The van der Waals surface area contributed by atoms with E-state index in [-0.39, 0.29) is 11.9 Å². The van der Waals surface area contributed by atoms with Gasteiger partial charge in [0.05, 0.1) is 5.56 Å². The molecule has 15 heavy (non-hydrogen) atoms. The maximum Gasteiger partial charge on any atom is 0.255 e.